The summed E-state index contributed by atoms with van der Waals surface area (Å²) in [4.78, 5) is 108. The van der Waals surface area contributed by atoms with Crippen molar-refractivity contribution >= 4 is 70.7 Å². The number of ketones is 4. The summed E-state index contributed by atoms with van der Waals surface area (Å²) in [7, 11) is 0. The molecule has 0 unspecified atom stereocenters. The number of aliphatic hydroxyl groups is 2. The average molecular weight is 1100 g/mol. The number of carbonyl (C=O) groups is 8. The molecule has 0 amide bonds. The van der Waals surface area contributed by atoms with E-state index in [9.17, 15) is 53.7 Å². The van der Waals surface area contributed by atoms with Crippen molar-refractivity contribution in [1.82, 2.24) is 0 Å². The first kappa shape index (κ1) is 53.9. The number of hydrogen-bond donors (Lipinski definition) is 4. The largest absolute Gasteiger partial charge is 0.506 e. The molecule has 410 valence electrons. The van der Waals surface area contributed by atoms with Crippen molar-refractivity contribution in [2.45, 2.75) is 83.5 Å². The first-order chi connectivity index (χ1) is 38.7. The topological polar surface area (TPSA) is 249 Å². The molecule has 0 fully saturated rings. The molecule has 5 aromatic carbocycles. The summed E-state index contributed by atoms with van der Waals surface area (Å²) in [5, 5.41) is 35.7. The fourth-order valence-electron chi connectivity index (χ4n) is 11.4. The van der Waals surface area contributed by atoms with Crippen molar-refractivity contribution in [2.75, 3.05) is 5.32 Å². The minimum atomic E-state index is -1.10. The van der Waals surface area contributed by atoms with E-state index in [4.69, 9.17) is 14.2 Å². The molecule has 6 aliphatic rings. The number of aromatic carboxylic acids is 1. The summed E-state index contributed by atoms with van der Waals surface area (Å²) in [5.74, 6) is -6.21. The Bertz CT molecular complexity index is 4130. The van der Waals surface area contributed by atoms with E-state index < -0.39 is 74.2 Å². The minimum Gasteiger partial charge on any atom is -0.506 e. The summed E-state index contributed by atoms with van der Waals surface area (Å²) < 4.78 is 16.5. The second-order valence-corrected chi connectivity index (χ2v) is 23.0. The van der Waals surface area contributed by atoms with Crippen molar-refractivity contribution in [2.24, 2.45) is 4.99 Å². The van der Waals surface area contributed by atoms with Crippen molar-refractivity contribution in [1.29, 1.82) is 0 Å². The number of aliphatic imine (C=N–C) groups is 1. The number of Topliss-reactive ketones (excluding diaryl/α,β-unsaturated/α-hetero) is 4. The van der Waals surface area contributed by atoms with Crippen molar-refractivity contribution < 1.29 is 67.9 Å². The number of rotatable bonds is 11. The van der Waals surface area contributed by atoms with Crippen LogP contribution < -0.4 is 19.5 Å². The zero-order valence-electron chi connectivity index (χ0n) is 45.7. The number of carbonyl (C=O) groups excluding carboxylic acids is 7. The Labute approximate surface area is 469 Å². The average Bonchev–Trinajstić information content (AvgIpc) is 3.26. The highest BCUT2D eigenvalue weighted by Crippen LogP contribution is 2.49. The maximum atomic E-state index is 13.6. The molecule has 5 aromatic rings. The molecule has 4 N–H and O–H groups in total. The van der Waals surface area contributed by atoms with Gasteiger partial charge in [0.2, 0.25) is 23.1 Å². The summed E-state index contributed by atoms with van der Waals surface area (Å²) in [6.45, 7) is 15.4. The zero-order chi connectivity index (χ0) is 58.7. The van der Waals surface area contributed by atoms with Gasteiger partial charge in [-0.3, -0.25) is 29.0 Å². The Kier molecular flexibility index (Phi) is 12.5. The zero-order valence-corrected chi connectivity index (χ0v) is 45.7. The molecule has 82 heavy (non-hydrogen) atoms. The van der Waals surface area contributed by atoms with E-state index in [1.54, 1.807) is 60.7 Å². The Hall–Kier alpha value is -10.1. The highest BCUT2D eigenvalue weighted by molar-refractivity contribution is 6.54. The van der Waals surface area contributed by atoms with E-state index in [1.165, 1.54) is 60.7 Å². The predicted octanol–water partition coefficient (Wildman–Crippen LogP) is 10.9. The highest BCUT2D eigenvalue weighted by atomic mass is 16.5. The third kappa shape index (κ3) is 8.74. The molecular formula is C66H52N2O14. The lowest BCUT2D eigenvalue weighted by Crippen LogP contribution is -2.25. The molecule has 0 radical (unpaired) electrons. The second kappa shape index (κ2) is 19.0. The lowest BCUT2D eigenvalue weighted by molar-refractivity contribution is -0.131. The Morgan fingerprint density at radius 2 is 1.12 bits per heavy atom. The maximum absolute atomic E-state index is 13.6. The van der Waals surface area contributed by atoms with Gasteiger partial charge in [0.05, 0.1) is 50.4 Å². The van der Waals surface area contributed by atoms with E-state index in [0.717, 1.165) is 22.3 Å². The first-order valence-corrected chi connectivity index (χ1v) is 26.2. The Morgan fingerprint density at radius 3 is 1.74 bits per heavy atom. The third-order valence-corrected chi connectivity index (χ3v) is 16.6. The van der Waals surface area contributed by atoms with E-state index in [0.29, 0.717) is 63.7 Å². The molecule has 11 rings (SSSR count). The molecule has 0 atom stereocenters. The van der Waals surface area contributed by atoms with Crippen molar-refractivity contribution in [3.05, 3.63) is 222 Å². The molecule has 2 heterocycles. The van der Waals surface area contributed by atoms with Gasteiger partial charge in [0, 0.05) is 33.0 Å². The molecule has 0 bridgehead atoms. The van der Waals surface area contributed by atoms with Gasteiger partial charge in [-0.2, -0.15) is 0 Å². The summed E-state index contributed by atoms with van der Waals surface area (Å²) in [5.41, 5.74) is 4.79. The van der Waals surface area contributed by atoms with Crippen LogP contribution in [0.5, 0.6) is 17.2 Å². The lowest BCUT2D eigenvalue weighted by atomic mass is 9.80. The number of hydrogen-bond acceptors (Lipinski definition) is 15. The van der Waals surface area contributed by atoms with Gasteiger partial charge >= 0.3 is 17.9 Å². The number of fused-ring (bicyclic) bond motifs is 4. The molecule has 16 heteroatoms. The Morgan fingerprint density at radius 1 is 0.561 bits per heavy atom. The summed E-state index contributed by atoms with van der Waals surface area (Å²) >= 11 is 0. The summed E-state index contributed by atoms with van der Waals surface area (Å²) in [6, 6.07) is 25.7. The van der Waals surface area contributed by atoms with E-state index >= 15 is 0 Å². The molecular weight excluding hydrogens is 1040 g/mol. The van der Waals surface area contributed by atoms with Gasteiger partial charge in [-0.1, -0.05) is 79.2 Å². The number of allylic oxidation sites excluding steroid dienone is 11. The van der Waals surface area contributed by atoms with Gasteiger partial charge in [-0.15, -0.1) is 0 Å². The van der Waals surface area contributed by atoms with Gasteiger partial charge < -0.3 is 34.8 Å². The van der Waals surface area contributed by atoms with Gasteiger partial charge in [-0.25, -0.2) is 14.4 Å². The number of nitrogens with one attached hydrogen (secondary N) is 1. The second-order valence-electron chi connectivity index (χ2n) is 23.0. The normalized spacial score (nSPS) is 20.5. The van der Waals surface area contributed by atoms with Crippen molar-refractivity contribution in [3.8, 4) is 17.2 Å². The number of aliphatic hydroxyl groups excluding tert-OH is 2. The molecule has 0 aromatic heterocycles. The maximum Gasteiger partial charge on any atom is 0.343 e. The van der Waals surface area contributed by atoms with Crippen LogP contribution in [0.15, 0.2) is 177 Å². The van der Waals surface area contributed by atoms with Crippen LogP contribution in [0, 0.1) is 0 Å². The van der Waals surface area contributed by atoms with E-state index in [2.05, 4.69) is 10.3 Å². The highest BCUT2D eigenvalue weighted by Gasteiger charge is 2.44. The van der Waals surface area contributed by atoms with Crippen molar-refractivity contribution in [3.63, 3.8) is 0 Å². The molecule has 2 aliphatic heterocycles. The number of esters is 2. The molecule has 0 saturated carbocycles. The standard InChI is InChI=1S/C66H52N2O14/c1-63(2)37(26-42-54(70)44(58(74)56(42)72)29-52-65(5,6)48-23-34(60(76)77)12-19-50(48)67-52)21-32-9-10-35(24-46(32)63)61(78)81-39-15-17-40(18-16-39)82-62(79)36-13-20-51-49(25-36)66(7,8)53(68-51)30-45-55(71)43(57(73)59(45)75)27-38-22-33-11-14-41(80-31-69)28-47(33)64(38,3)4/h9-20,22-31,68,70-71H,21H2,1-8H3,(H,76,77)/b37-26-,43-27+,44-29+,53-30+. The summed E-state index contributed by atoms with van der Waals surface area (Å²) in [6.07, 6.45) is 8.10. The quantitative estimate of drug-likeness (QED) is 0.0316. The number of ether oxygens (including phenoxy) is 3. The number of carboxylic acid groups (broad SMARTS) is 1. The SMILES string of the molecule is CC1(C)C(/C=C2/C(=O)C(=O)C(/C=C3/Nc4ccc(C(=O)Oc5ccc(OC(=O)c6ccc7c(c6)C(C)(C)/C(=C\C6=C(O)C(=C\C8=Nc9ccc(C(=O)O)cc9C8(C)C)/C(=O)C6=O)C7)cc5)cc4C3(C)C)=C2O)=Cc2ccc(OC=O)cc21. The number of anilines is 1. The number of benzene rings is 5. The van der Waals surface area contributed by atoms with Crippen LogP contribution in [0.25, 0.3) is 6.08 Å². The molecule has 4 aliphatic carbocycles. The van der Waals surface area contributed by atoms with Crippen LogP contribution >= 0.6 is 0 Å². The fraction of sp³-hybridized carbons (Fsp3) is 0.197. The smallest absolute Gasteiger partial charge is 0.343 e. The monoisotopic (exact) mass is 1100 g/mol. The van der Waals surface area contributed by atoms with Crippen LogP contribution in [-0.4, -0.2) is 68.5 Å². The van der Waals surface area contributed by atoms with Crippen LogP contribution in [0.4, 0.5) is 11.4 Å². The Balaban J connectivity index is 0.744. The van der Waals surface area contributed by atoms with Crippen LogP contribution in [0.2, 0.25) is 0 Å². The first-order valence-electron chi connectivity index (χ1n) is 26.2. The molecule has 16 nitrogen and oxygen atoms in total. The lowest BCUT2D eigenvalue weighted by Gasteiger charge is -2.23. The number of nitrogens with zero attached hydrogens (tertiary/aromatic N) is 1. The minimum absolute atomic E-state index is 0.0798. The van der Waals surface area contributed by atoms with Crippen LogP contribution in [0.1, 0.15) is 120 Å². The van der Waals surface area contributed by atoms with Crippen LogP contribution in [0.3, 0.4) is 0 Å². The van der Waals surface area contributed by atoms with Gasteiger partial charge in [-0.05, 0) is 155 Å². The fourth-order valence-corrected chi connectivity index (χ4v) is 11.4. The predicted molar refractivity (Wildman–Crippen MR) is 302 cm³/mol. The molecule has 0 saturated heterocycles. The van der Waals surface area contributed by atoms with E-state index in [-0.39, 0.29) is 50.5 Å². The third-order valence-electron chi connectivity index (χ3n) is 16.6. The van der Waals surface area contributed by atoms with Gasteiger partial charge in [0.1, 0.15) is 28.8 Å². The van der Waals surface area contributed by atoms with Gasteiger partial charge in [0.25, 0.3) is 6.47 Å². The molecule has 0 spiro atoms. The number of carboxylic acids is 1. The van der Waals surface area contributed by atoms with Crippen LogP contribution in [-0.2, 0) is 52.1 Å². The van der Waals surface area contributed by atoms with Gasteiger partial charge in [0.15, 0.2) is 0 Å². The van der Waals surface area contributed by atoms with E-state index in [1.807, 2.05) is 61.5 Å².